The lowest BCUT2D eigenvalue weighted by Crippen LogP contribution is -2.41. The first kappa shape index (κ1) is 18.5. The number of hydrogen-bond acceptors (Lipinski definition) is 4. The van der Waals surface area contributed by atoms with E-state index in [4.69, 9.17) is 14.0 Å². The maximum Gasteiger partial charge on any atom is 0.525 e. The third-order valence-corrected chi connectivity index (χ3v) is 4.55. The van der Waals surface area contributed by atoms with Gasteiger partial charge in [-0.15, -0.1) is 0 Å². The first-order valence-corrected chi connectivity index (χ1v) is 7.68. The van der Waals surface area contributed by atoms with Crippen LogP contribution in [0, 0.1) is 0 Å². The van der Waals surface area contributed by atoms with Crippen molar-refractivity contribution in [1.29, 1.82) is 0 Å². The van der Waals surface area contributed by atoms with E-state index in [2.05, 4.69) is 0 Å². The number of rotatable bonds is 5. The van der Waals surface area contributed by atoms with E-state index in [1.807, 2.05) is 0 Å². The molecule has 1 heterocycles. The second-order valence-electron chi connectivity index (χ2n) is 6.74. The third kappa shape index (κ3) is 3.62. The zero-order valence-electron chi connectivity index (χ0n) is 14.6. The minimum Gasteiger partial charge on any atom is -0.497 e. The van der Waals surface area contributed by atoms with Crippen LogP contribution < -0.4 is 4.74 Å². The average Bonchev–Trinajstić information content (AvgIpc) is 2.72. The molecule has 0 spiro atoms. The third-order valence-electron chi connectivity index (χ3n) is 4.55. The van der Waals surface area contributed by atoms with E-state index in [9.17, 15) is 14.3 Å². The Balaban J connectivity index is 2.28. The summed E-state index contributed by atoms with van der Waals surface area (Å²) in [7, 11) is 0.217. The number of carboxylic acid groups (broad SMARTS) is 1. The zero-order valence-corrected chi connectivity index (χ0v) is 14.6. The van der Waals surface area contributed by atoms with Gasteiger partial charge >= 0.3 is 13.1 Å². The number of ether oxygens (including phenoxy) is 1. The van der Waals surface area contributed by atoms with E-state index in [-0.39, 0.29) is 12.0 Å². The number of halogens is 1. The van der Waals surface area contributed by atoms with Crippen molar-refractivity contribution in [1.82, 2.24) is 0 Å². The molecule has 0 radical (unpaired) electrons. The van der Waals surface area contributed by atoms with Crippen LogP contribution in [-0.4, -0.2) is 36.5 Å². The maximum atomic E-state index is 14.8. The minimum absolute atomic E-state index is 0.0742. The summed E-state index contributed by atoms with van der Waals surface area (Å²) in [5, 5.41) is 9.39. The van der Waals surface area contributed by atoms with Crippen LogP contribution in [0.5, 0.6) is 5.75 Å². The van der Waals surface area contributed by atoms with Crippen molar-refractivity contribution in [3.8, 4) is 5.75 Å². The van der Waals surface area contributed by atoms with Crippen LogP contribution in [0.15, 0.2) is 35.6 Å². The van der Waals surface area contributed by atoms with E-state index >= 15 is 0 Å². The van der Waals surface area contributed by atoms with Crippen molar-refractivity contribution < 1.29 is 28.3 Å². The van der Waals surface area contributed by atoms with Crippen LogP contribution in [-0.2, 0) is 20.5 Å². The summed E-state index contributed by atoms with van der Waals surface area (Å²) in [6.07, 6.45) is -0.0742. The molecule has 0 aliphatic carbocycles. The molecule has 7 heteroatoms. The summed E-state index contributed by atoms with van der Waals surface area (Å²) in [6, 6.07) is 6.78. The van der Waals surface area contributed by atoms with E-state index < -0.39 is 30.0 Å². The number of carboxylic acids is 1. The highest BCUT2D eigenvalue weighted by molar-refractivity contribution is 6.54. The number of carbonyl (C=O) groups is 1. The smallest absolute Gasteiger partial charge is 0.497 e. The Labute approximate surface area is 141 Å². The van der Waals surface area contributed by atoms with Crippen molar-refractivity contribution >= 4 is 13.1 Å². The molecule has 1 aliphatic rings. The van der Waals surface area contributed by atoms with E-state index in [0.29, 0.717) is 11.3 Å². The van der Waals surface area contributed by atoms with Gasteiger partial charge in [0, 0.05) is 6.42 Å². The lowest BCUT2D eigenvalue weighted by Gasteiger charge is -2.32. The molecule has 2 rings (SSSR count). The molecule has 1 fully saturated rings. The normalized spacial score (nSPS) is 19.8. The molecule has 0 aromatic heterocycles. The fourth-order valence-electron chi connectivity index (χ4n) is 2.30. The minimum atomic E-state index is -1.34. The van der Waals surface area contributed by atoms with Crippen molar-refractivity contribution in [3.05, 3.63) is 41.1 Å². The quantitative estimate of drug-likeness (QED) is 0.661. The van der Waals surface area contributed by atoms with Gasteiger partial charge in [-0.3, -0.25) is 0 Å². The van der Waals surface area contributed by atoms with Gasteiger partial charge in [-0.25, -0.2) is 9.18 Å². The van der Waals surface area contributed by atoms with Crippen molar-refractivity contribution in [2.75, 3.05) is 7.11 Å². The van der Waals surface area contributed by atoms with Gasteiger partial charge in [0.15, 0.2) is 0 Å². The van der Waals surface area contributed by atoms with Gasteiger partial charge in [-0.05, 0) is 45.4 Å². The molecule has 0 amide bonds. The lowest BCUT2D eigenvalue weighted by molar-refractivity contribution is -0.132. The molecule has 1 N–H and O–H groups in total. The monoisotopic (exact) mass is 336 g/mol. The highest BCUT2D eigenvalue weighted by atomic mass is 19.1. The Bertz CT molecular complexity index is 635. The Morgan fingerprint density at radius 1 is 1.17 bits per heavy atom. The second kappa shape index (κ2) is 6.57. The summed E-state index contributed by atoms with van der Waals surface area (Å²) >= 11 is 0. The molecule has 5 nitrogen and oxygen atoms in total. The van der Waals surface area contributed by atoms with Crippen LogP contribution in [0.25, 0.3) is 0 Å². The molecule has 1 aromatic rings. The highest BCUT2D eigenvalue weighted by Gasteiger charge is 2.53. The Morgan fingerprint density at radius 3 is 2.08 bits per heavy atom. The Morgan fingerprint density at radius 2 is 1.67 bits per heavy atom. The first-order chi connectivity index (χ1) is 11.1. The molecule has 0 unspecified atom stereocenters. The van der Waals surface area contributed by atoms with Gasteiger partial charge in [-0.1, -0.05) is 12.1 Å². The standard InChI is InChI=1S/C17H22BFO5/c1-16(2)17(3,4)24-18(23-16)14(19)13(15(20)21)10-11-6-8-12(22-5)9-7-11/h6-9H,10H2,1-5H3,(H,20,21). The SMILES string of the molecule is COc1ccc(CC(C(=O)O)=C(F)B2OC(C)(C)C(C)(C)O2)cc1. The van der Waals surface area contributed by atoms with E-state index in [0.717, 1.165) is 0 Å². The van der Waals surface area contributed by atoms with Crippen LogP contribution in [0.4, 0.5) is 4.39 Å². The molecular weight excluding hydrogens is 314 g/mol. The van der Waals surface area contributed by atoms with Crippen molar-refractivity contribution in [2.24, 2.45) is 0 Å². The van der Waals surface area contributed by atoms with Gasteiger partial charge in [0.05, 0.1) is 23.9 Å². The van der Waals surface area contributed by atoms with E-state index in [1.165, 1.54) is 7.11 Å². The van der Waals surface area contributed by atoms with E-state index in [1.54, 1.807) is 52.0 Å². The van der Waals surface area contributed by atoms with Gasteiger partial charge in [0.25, 0.3) is 0 Å². The van der Waals surface area contributed by atoms with Crippen LogP contribution in [0.2, 0.25) is 0 Å². The van der Waals surface area contributed by atoms with Gasteiger partial charge in [-0.2, -0.15) is 0 Å². The van der Waals surface area contributed by atoms with Crippen molar-refractivity contribution in [3.63, 3.8) is 0 Å². The maximum absolute atomic E-state index is 14.8. The van der Waals surface area contributed by atoms with Crippen LogP contribution >= 0.6 is 0 Å². The molecule has 0 saturated carbocycles. The van der Waals surface area contributed by atoms with Gasteiger partial charge in [0.1, 0.15) is 11.5 Å². The molecule has 24 heavy (non-hydrogen) atoms. The predicted molar refractivity (Wildman–Crippen MR) is 88.5 cm³/mol. The lowest BCUT2D eigenvalue weighted by atomic mass is 9.83. The number of aliphatic carboxylic acids is 1. The second-order valence-corrected chi connectivity index (χ2v) is 6.74. The van der Waals surface area contributed by atoms with Crippen molar-refractivity contribution in [2.45, 2.75) is 45.3 Å². The Hall–Kier alpha value is -1.86. The molecule has 0 atom stereocenters. The first-order valence-electron chi connectivity index (χ1n) is 7.68. The summed E-state index contributed by atoms with van der Waals surface area (Å²) in [5.41, 5.74) is -2.10. The topological polar surface area (TPSA) is 65.0 Å². The largest absolute Gasteiger partial charge is 0.525 e. The fourth-order valence-corrected chi connectivity index (χ4v) is 2.30. The summed E-state index contributed by atoms with van der Waals surface area (Å²) in [6.45, 7) is 7.13. The summed E-state index contributed by atoms with van der Waals surface area (Å²) in [5.74, 6) is -0.691. The predicted octanol–water partition coefficient (Wildman–Crippen LogP) is 3.18. The number of hydrogen-bond donors (Lipinski definition) is 1. The molecule has 1 saturated heterocycles. The Kier molecular flexibility index (Phi) is 5.06. The van der Waals surface area contributed by atoms with Crippen LogP contribution in [0.1, 0.15) is 33.3 Å². The average molecular weight is 336 g/mol. The molecule has 1 aliphatic heterocycles. The van der Waals surface area contributed by atoms with Gasteiger partial charge in [0.2, 0.25) is 0 Å². The summed E-state index contributed by atoms with van der Waals surface area (Å²) in [4.78, 5) is 11.5. The molecular formula is C17H22BFO5. The highest BCUT2D eigenvalue weighted by Crippen LogP contribution is 2.39. The number of benzene rings is 1. The molecule has 0 bridgehead atoms. The molecule has 130 valence electrons. The zero-order chi connectivity index (χ0) is 18.1. The number of methoxy groups -OCH3 is 1. The fraction of sp³-hybridized carbons (Fsp3) is 0.471. The summed E-state index contributed by atoms with van der Waals surface area (Å²) < 4.78 is 31.0. The van der Waals surface area contributed by atoms with Gasteiger partial charge < -0.3 is 19.2 Å². The van der Waals surface area contributed by atoms with Crippen LogP contribution in [0.3, 0.4) is 0 Å². The molecule has 1 aromatic carbocycles.